The first-order chi connectivity index (χ1) is 14.1. The highest BCUT2D eigenvalue weighted by Gasteiger charge is 2.32. The van der Waals surface area contributed by atoms with Crippen molar-refractivity contribution in [3.63, 3.8) is 0 Å². The molecule has 7 heteroatoms. The summed E-state index contributed by atoms with van der Waals surface area (Å²) < 4.78 is 7.85. The second-order valence-electron chi connectivity index (χ2n) is 8.19. The van der Waals surface area contributed by atoms with E-state index in [1.54, 1.807) is 17.8 Å². The third-order valence-corrected chi connectivity index (χ3v) is 7.06. The lowest BCUT2D eigenvalue weighted by Gasteiger charge is -2.27. The molecule has 0 N–H and O–H groups in total. The molecule has 2 aliphatic rings. The Hall–Kier alpha value is -2.28. The van der Waals surface area contributed by atoms with E-state index in [2.05, 4.69) is 31.8 Å². The summed E-state index contributed by atoms with van der Waals surface area (Å²) in [6.45, 7) is 6.18. The number of rotatable bonds is 5. The van der Waals surface area contributed by atoms with Crippen LogP contribution in [0.3, 0.4) is 0 Å². The fourth-order valence-electron chi connectivity index (χ4n) is 4.12. The number of anilines is 1. The number of aryl methyl sites for hydroxylation is 2. The molecular weight excluding hydrogens is 384 g/mol. The summed E-state index contributed by atoms with van der Waals surface area (Å²) in [6.07, 6.45) is 6.15. The molecule has 2 fully saturated rings. The standard InChI is InChI=1S/C22H26N4O2S/c1-14-6-9-18-16(12-19(27)28-20(18)15(14)2)13-29-22-24-23-21(26(22)17-7-8-17)25-10-4-3-5-11-25/h6,9,12,17H,3-5,7-8,10-11,13H2,1-2H3. The molecule has 0 spiro atoms. The van der Waals surface area contributed by atoms with Gasteiger partial charge in [-0.3, -0.25) is 4.57 Å². The van der Waals surface area contributed by atoms with E-state index >= 15 is 0 Å². The highest BCUT2D eigenvalue weighted by molar-refractivity contribution is 7.98. The summed E-state index contributed by atoms with van der Waals surface area (Å²) in [5, 5.41) is 11.1. The van der Waals surface area contributed by atoms with Crippen molar-refractivity contribution in [2.45, 2.75) is 62.9 Å². The third kappa shape index (κ3) is 3.56. The van der Waals surface area contributed by atoms with E-state index in [-0.39, 0.29) is 5.63 Å². The maximum absolute atomic E-state index is 12.2. The summed E-state index contributed by atoms with van der Waals surface area (Å²) in [6, 6.07) is 6.29. The van der Waals surface area contributed by atoms with Crippen LogP contribution in [0.1, 0.15) is 54.8 Å². The molecule has 1 aliphatic carbocycles. The van der Waals surface area contributed by atoms with E-state index in [1.165, 1.54) is 32.1 Å². The average Bonchev–Trinajstić information content (AvgIpc) is 3.49. The van der Waals surface area contributed by atoms with Crippen LogP contribution in [0.15, 0.2) is 32.6 Å². The molecule has 5 rings (SSSR count). The summed E-state index contributed by atoms with van der Waals surface area (Å²) in [4.78, 5) is 14.5. The summed E-state index contributed by atoms with van der Waals surface area (Å²) in [5.41, 5.74) is 3.56. The fraction of sp³-hybridized carbons (Fsp3) is 0.500. The van der Waals surface area contributed by atoms with Crippen LogP contribution in [0.25, 0.3) is 11.0 Å². The van der Waals surface area contributed by atoms with Crippen LogP contribution in [0.4, 0.5) is 5.95 Å². The lowest BCUT2D eigenvalue weighted by Crippen LogP contribution is -2.31. The molecule has 0 bridgehead atoms. The fourth-order valence-corrected chi connectivity index (χ4v) is 5.11. The van der Waals surface area contributed by atoms with Gasteiger partial charge in [-0.1, -0.05) is 23.9 Å². The molecule has 0 atom stereocenters. The van der Waals surface area contributed by atoms with Gasteiger partial charge < -0.3 is 9.32 Å². The van der Waals surface area contributed by atoms with Gasteiger partial charge in [0.25, 0.3) is 0 Å². The highest BCUT2D eigenvalue weighted by Crippen LogP contribution is 2.42. The Kier molecular flexibility index (Phi) is 4.86. The normalized spacial score (nSPS) is 17.2. The number of benzene rings is 1. The first-order valence-electron chi connectivity index (χ1n) is 10.5. The van der Waals surface area contributed by atoms with Crippen LogP contribution in [-0.2, 0) is 5.75 Å². The van der Waals surface area contributed by atoms with Crippen molar-refractivity contribution >= 4 is 28.7 Å². The lowest BCUT2D eigenvalue weighted by molar-refractivity contribution is 0.548. The van der Waals surface area contributed by atoms with Gasteiger partial charge in [0.05, 0.1) is 0 Å². The van der Waals surface area contributed by atoms with E-state index in [1.807, 2.05) is 13.8 Å². The van der Waals surface area contributed by atoms with Crippen LogP contribution in [0, 0.1) is 13.8 Å². The zero-order valence-corrected chi connectivity index (χ0v) is 17.8. The summed E-state index contributed by atoms with van der Waals surface area (Å²) in [7, 11) is 0. The molecule has 0 unspecified atom stereocenters. The van der Waals surface area contributed by atoms with Crippen LogP contribution < -0.4 is 10.5 Å². The molecule has 1 aliphatic heterocycles. The molecule has 3 heterocycles. The van der Waals surface area contributed by atoms with Crippen molar-refractivity contribution in [2.24, 2.45) is 0 Å². The minimum Gasteiger partial charge on any atom is -0.422 e. The molecule has 0 radical (unpaired) electrons. The molecule has 1 saturated carbocycles. The molecule has 2 aromatic heterocycles. The molecular formula is C22H26N4O2S. The van der Waals surface area contributed by atoms with Gasteiger partial charge in [-0.05, 0) is 62.6 Å². The van der Waals surface area contributed by atoms with Crippen molar-refractivity contribution in [2.75, 3.05) is 18.0 Å². The van der Waals surface area contributed by atoms with Crippen molar-refractivity contribution < 1.29 is 4.42 Å². The third-order valence-electron chi connectivity index (χ3n) is 6.07. The molecule has 6 nitrogen and oxygen atoms in total. The number of aromatic nitrogens is 3. The molecule has 3 aromatic rings. The zero-order chi connectivity index (χ0) is 20.0. The van der Waals surface area contributed by atoms with Crippen LogP contribution in [0.5, 0.6) is 0 Å². The van der Waals surface area contributed by atoms with Gasteiger partial charge in [-0.2, -0.15) is 0 Å². The Labute approximate surface area is 174 Å². The van der Waals surface area contributed by atoms with Gasteiger partial charge in [0.15, 0.2) is 5.16 Å². The number of hydrogen-bond acceptors (Lipinski definition) is 6. The number of fused-ring (bicyclic) bond motifs is 1. The van der Waals surface area contributed by atoms with Gasteiger partial charge in [-0.15, -0.1) is 10.2 Å². The van der Waals surface area contributed by atoms with Crippen LogP contribution in [0.2, 0.25) is 0 Å². The number of thioether (sulfide) groups is 1. The number of piperidine rings is 1. The lowest BCUT2D eigenvalue weighted by atomic mass is 10.0. The molecule has 1 saturated heterocycles. The Balaban J connectivity index is 1.46. The summed E-state index contributed by atoms with van der Waals surface area (Å²) >= 11 is 1.67. The van der Waals surface area contributed by atoms with E-state index in [0.717, 1.165) is 46.3 Å². The highest BCUT2D eigenvalue weighted by atomic mass is 32.2. The Morgan fingerprint density at radius 2 is 1.93 bits per heavy atom. The van der Waals surface area contributed by atoms with Gasteiger partial charge >= 0.3 is 5.63 Å². The average molecular weight is 411 g/mol. The van der Waals surface area contributed by atoms with Crippen LogP contribution in [-0.4, -0.2) is 27.9 Å². The van der Waals surface area contributed by atoms with E-state index < -0.39 is 0 Å². The molecule has 0 amide bonds. The van der Waals surface area contributed by atoms with E-state index in [0.29, 0.717) is 17.4 Å². The zero-order valence-electron chi connectivity index (χ0n) is 17.0. The van der Waals surface area contributed by atoms with E-state index in [9.17, 15) is 4.79 Å². The summed E-state index contributed by atoms with van der Waals surface area (Å²) in [5.74, 6) is 1.70. The smallest absolute Gasteiger partial charge is 0.336 e. The first-order valence-corrected chi connectivity index (χ1v) is 11.5. The topological polar surface area (TPSA) is 64.2 Å². The molecule has 29 heavy (non-hydrogen) atoms. The largest absolute Gasteiger partial charge is 0.422 e. The maximum Gasteiger partial charge on any atom is 0.336 e. The SMILES string of the molecule is Cc1ccc2c(CSc3nnc(N4CCCCC4)n3C3CC3)cc(=O)oc2c1C. The second kappa shape index (κ2) is 7.52. The van der Waals surface area contributed by atoms with Crippen molar-refractivity contribution in [1.82, 2.24) is 14.8 Å². The maximum atomic E-state index is 12.2. The molecule has 1 aromatic carbocycles. The van der Waals surface area contributed by atoms with Crippen molar-refractivity contribution in [1.29, 1.82) is 0 Å². The van der Waals surface area contributed by atoms with Crippen LogP contribution >= 0.6 is 11.8 Å². The minimum absolute atomic E-state index is 0.292. The Morgan fingerprint density at radius 1 is 1.14 bits per heavy atom. The number of hydrogen-bond donors (Lipinski definition) is 0. The van der Waals surface area contributed by atoms with Crippen molar-refractivity contribution in [3.05, 3.63) is 45.3 Å². The predicted octanol–water partition coefficient (Wildman–Crippen LogP) is 4.62. The Bertz CT molecular complexity index is 1110. The van der Waals surface area contributed by atoms with Gasteiger partial charge in [0, 0.05) is 36.3 Å². The van der Waals surface area contributed by atoms with Gasteiger partial charge in [-0.25, -0.2) is 4.79 Å². The minimum atomic E-state index is -0.292. The number of nitrogens with zero attached hydrogens (tertiary/aromatic N) is 4. The second-order valence-corrected chi connectivity index (χ2v) is 9.14. The predicted molar refractivity (Wildman–Crippen MR) is 116 cm³/mol. The van der Waals surface area contributed by atoms with Crippen molar-refractivity contribution in [3.8, 4) is 0 Å². The van der Waals surface area contributed by atoms with Gasteiger partial charge in [0.2, 0.25) is 5.95 Å². The Morgan fingerprint density at radius 3 is 2.69 bits per heavy atom. The monoisotopic (exact) mass is 410 g/mol. The quantitative estimate of drug-likeness (QED) is 0.452. The van der Waals surface area contributed by atoms with Gasteiger partial charge in [0.1, 0.15) is 5.58 Å². The first kappa shape index (κ1) is 18.7. The molecule has 152 valence electrons. The van der Waals surface area contributed by atoms with E-state index in [4.69, 9.17) is 4.42 Å².